The minimum absolute atomic E-state index is 0.902. The summed E-state index contributed by atoms with van der Waals surface area (Å²) < 4.78 is 10.6. The molecule has 0 aliphatic heterocycles. The zero-order chi connectivity index (χ0) is 11.3. The fraction of sp³-hybridized carbons (Fsp3) is 0.500. The number of rotatable bonds is 5. The second-order valence-electron chi connectivity index (χ2n) is 3.42. The van der Waals surface area contributed by atoms with Crippen LogP contribution in [0, 0.1) is 6.92 Å². The predicted molar refractivity (Wildman–Crippen MR) is 66.4 cm³/mol. The van der Waals surface area contributed by atoms with Crippen LogP contribution >= 0.6 is 15.9 Å². The summed E-state index contributed by atoms with van der Waals surface area (Å²) in [4.78, 5) is 0. The fourth-order valence-electron chi connectivity index (χ4n) is 1.56. The minimum atomic E-state index is 0.902. The van der Waals surface area contributed by atoms with Crippen molar-refractivity contribution in [2.24, 2.45) is 0 Å². The van der Waals surface area contributed by atoms with Gasteiger partial charge in [-0.25, -0.2) is 0 Å². The molecule has 15 heavy (non-hydrogen) atoms. The van der Waals surface area contributed by atoms with Gasteiger partial charge in [0, 0.05) is 10.9 Å². The van der Waals surface area contributed by atoms with Gasteiger partial charge in [-0.1, -0.05) is 15.9 Å². The van der Waals surface area contributed by atoms with Gasteiger partial charge in [-0.15, -0.1) is 0 Å². The normalized spacial score (nSPS) is 10.1. The molecule has 1 rings (SSSR count). The number of methoxy groups -OCH3 is 2. The van der Waals surface area contributed by atoms with Crippen LogP contribution in [0.25, 0.3) is 0 Å². The maximum Gasteiger partial charge on any atom is 0.125 e. The third-order valence-electron chi connectivity index (χ3n) is 2.41. The zero-order valence-corrected chi connectivity index (χ0v) is 11.1. The van der Waals surface area contributed by atoms with Gasteiger partial charge in [-0.2, -0.15) is 0 Å². The van der Waals surface area contributed by atoms with E-state index in [0.29, 0.717) is 0 Å². The molecule has 0 N–H and O–H groups in total. The molecule has 0 radical (unpaired) electrons. The highest BCUT2D eigenvalue weighted by Crippen LogP contribution is 2.29. The monoisotopic (exact) mass is 272 g/mol. The topological polar surface area (TPSA) is 18.5 Å². The Bertz CT molecular complexity index is 298. The second kappa shape index (κ2) is 6.01. The fourth-order valence-corrected chi connectivity index (χ4v) is 1.84. The lowest BCUT2D eigenvalue weighted by atomic mass is 10.1. The molecule has 0 spiro atoms. The summed E-state index contributed by atoms with van der Waals surface area (Å²) in [6.07, 6.45) is 2.16. The van der Waals surface area contributed by atoms with Gasteiger partial charge in [0.15, 0.2) is 0 Å². The van der Waals surface area contributed by atoms with Crippen molar-refractivity contribution in [3.05, 3.63) is 23.3 Å². The minimum Gasteiger partial charge on any atom is -0.496 e. The Kier molecular flexibility index (Phi) is 4.95. The van der Waals surface area contributed by atoms with E-state index in [1.165, 1.54) is 5.56 Å². The number of hydrogen-bond donors (Lipinski definition) is 0. The van der Waals surface area contributed by atoms with Crippen LogP contribution in [0.2, 0.25) is 0 Å². The quantitative estimate of drug-likeness (QED) is 0.766. The van der Waals surface area contributed by atoms with E-state index in [9.17, 15) is 0 Å². The third-order valence-corrected chi connectivity index (χ3v) is 2.97. The van der Waals surface area contributed by atoms with Crippen molar-refractivity contribution in [3.8, 4) is 11.5 Å². The van der Waals surface area contributed by atoms with Crippen LogP contribution < -0.4 is 9.47 Å². The molecule has 0 bridgehead atoms. The molecule has 0 amide bonds. The molecule has 3 heteroatoms. The van der Waals surface area contributed by atoms with Crippen LogP contribution in [0.3, 0.4) is 0 Å². The summed E-state index contributed by atoms with van der Waals surface area (Å²) in [5, 5.41) is 1.02. The first-order valence-electron chi connectivity index (χ1n) is 5.00. The van der Waals surface area contributed by atoms with E-state index >= 15 is 0 Å². The van der Waals surface area contributed by atoms with E-state index in [1.54, 1.807) is 14.2 Å². The third kappa shape index (κ3) is 3.13. The summed E-state index contributed by atoms with van der Waals surface area (Å²) in [6, 6.07) is 4.17. The van der Waals surface area contributed by atoms with Gasteiger partial charge in [0.25, 0.3) is 0 Å². The van der Waals surface area contributed by atoms with Gasteiger partial charge >= 0.3 is 0 Å². The smallest absolute Gasteiger partial charge is 0.125 e. The van der Waals surface area contributed by atoms with E-state index in [4.69, 9.17) is 9.47 Å². The lowest BCUT2D eigenvalue weighted by Gasteiger charge is -2.12. The maximum absolute atomic E-state index is 5.32. The molecule has 1 aromatic rings. The summed E-state index contributed by atoms with van der Waals surface area (Å²) in [6.45, 7) is 2.01. The molecule has 0 heterocycles. The van der Waals surface area contributed by atoms with Crippen LogP contribution in [-0.2, 0) is 6.42 Å². The van der Waals surface area contributed by atoms with Crippen LogP contribution in [-0.4, -0.2) is 19.5 Å². The highest BCUT2D eigenvalue weighted by atomic mass is 79.9. The Morgan fingerprint density at radius 3 is 2.07 bits per heavy atom. The lowest BCUT2D eigenvalue weighted by molar-refractivity contribution is 0.388. The molecular formula is C12H17BrO2. The Labute approximate surface area is 99.7 Å². The lowest BCUT2D eigenvalue weighted by Crippen LogP contribution is -1.96. The number of ether oxygens (including phenoxy) is 2. The standard InChI is InChI=1S/C12H17BrO2/c1-9-11(14-2)7-10(5-4-6-13)8-12(9)15-3/h7-8H,4-6H2,1-3H3. The van der Waals surface area contributed by atoms with E-state index in [-0.39, 0.29) is 0 Å². The van der Waals surface area contributed by atoms with Gasteiger partial charge in [-0.3, -0.25) is 0 Å². The Hall–Kier alpha value is -0.700. The molecule has 0 aliphatic carbocycles. The van der Waals surface area contributed by atoms with Crippen molar-refractivity contribution in [1.82, 2.24) is 0 Å². The van der Waals surface area contributed by atoms with Crippen molar-refractivity contribution in [2.45, 2.75) is 19.8 Å². The van der Waals surface area contributed by atoms with Crippen molar-refractivity contribution in [2.75, 3.05) is 19.5 Å². The number of benzene rings is 1. The molecule has 1 aromatic carbocycles. The predicted octanol–water partition coefficient (Wildman–Crippen LogP) is 3.34. The molecule has 84 valence electrons. The molecule has 0 aliphatic rings. The van der Waals surface area contributed by atoms with Gasteiger partial charge in [0.1, 0.15) is 11.5 Å². The van der Waals surface area contributed by atoms with Crippen LogP contribution in [0.15, 0.2) is 12.1 Å². The average Bonchev–Trinajstić information content (AvgIpc) is 2.27. The van der Waals surface area contributed by atoms with Crippen LogP contribution in [0.1, 0.15) is 17.5 Å². The number of halogens is 1. The van der Waals surface area contributed by atoms with E-state index in [1.807, 2.05) is 6.92 Å². The summed E-state index contributed by atoms with van der Waals surface area (Å²) in [5.41, 5.74) is 2.32. The molecule has 0 fully saturated rings. The Morgan fingerprint density at radius 1 is 1.13 bits per heavy atom. The zero-order valence-electron chi connectivity index (χ0n) is 9.47. The molecule has 0 saturated carbocycles. The SMILES string of the molecule is COc1cc(CCCBr)cc(OC)c1C. The molecule has 2 nitrogen and oxygen atoms in total. The average molecular weight is 273 g/mol. The first kappa shape index (κ1) is 12.4. The van der Waals surface area contributed by atoms with Crippen molar-refractivity contribution in [3.63, 3.8) is 0 Å². The summed E-state index contributed by atoms with van der Waals surface area (Å²) >= 11 is 3.43. The summed E-state index contributed by atoms with van der Waals surface area (Å²) in [7, 11) is 3.38. The van der Waals surface area contributed by atoms with E-state index < -0.39 is 0 Å². The number of alkyl halides is 1. The molecule has 0 unspecified atom stereocenters. The van der Waals surface area contributed by atoms with Crippen molar-refractivity contribution in [1.29, 1.82) is 0 Å². The summed E-state index contributed by atoms with van der Waals surface area (Å²) in [5.74, 6) is 1.80. The molecule has 0 atom stereocenters. The molecule has 0 aromatic heterocycles. The first-order chi connectivity index (χ1) is 7.22. The Morgan fingerprint density at radius 2 is 1.67 bits per heavy atom. The van der Waals surface area contributed by atoms with Crippen molar-refractivity contribution >= 4 is 15.9 Å². The van der Waals surface area contributed by atoms with Gasteiger partial charge in [-0.05, 0) is 37.5 Å². The van der Waals surface area contributed by atoms with Crippen molar-refractivity contribution < 1.29 is 9.47 Å². The Balaban J connectivity index is 2.98. The second-order valence-corrected chi connectivity index (χ2v) is 4.21. The molecule has 0 saturated heterocycles. The van der Waals surface area contributed by atoms with Crippen LogP contribution in [0.5, 0.6) is 11.5 Å². The number of aryl methyl sites for hydroxylation is 1. The van der Waals surface area contributed by atoms with E-state index in [0.717, 1.165) is 35.2 Å². The van der Waals surface area contributed by atoms with Crippen LogP contribution in [0.4, 0.5) is 0 Å². The highest BCUT2D eigenvalue weighted by molar-refractivity contribution is 9.09. The van der Waals surface area contributed by atoms with Gasteiger partial charge in [0.2, 0.25) is 0 Å². The number of hydrogen-bond acceptors (Lipinski definition) is 2. The molecular weight excluding hydrogens is 256 g/mol. The first-order valence-corrected chi connectivity index (χ1v) is 6.12. The van der Waals surface area contributed by atoms with Gasteiger partial charge < -0.3 is 9.47 Å². The van der Waals surface area contributed by atoms with E-state index in [2.05, 4.69) is 28.1 Å². The maximum atomic E-state index is 5.32. The largest absolute Gasteiger partial charge is 0.496 e. The highest BCUT2D eigenvalue weighted by Gasteiger charge is 2.07. The van der Waals surface area contributed by atoms with Gasteiger partial charge in [0.05, 0.1) is 14.2 Å².